The largest absolute Gasteiger partial charge is 0.463 e. The van der Waals surface area contributed by atoms with E-state index in [0.717, 1.165) is 11.4 Å². The molecule has 0 saturated carbocycles. The van der Waals surface area contributed by atoms with Gasteiger partial charge in [-0.05, 0) is 38.1 Å². The van der Waals surface area contributed by atoms with E-state index in [0.29, 0.717) is 37.3 Å². The SMILES string of the molecule is CCOC(=O)/C=C/c1cc([N+](=O)[O-])ccc1N1CCN(c2ccc([N+](=O)[O-])cc2/C=C/C(=O)OCC)CC1. The van der Waals surface area contributed by atoms with E-state index in [-0.39, 0.29) is 24.6 Å². The summed E-state index contributed by atoms with van der Waals surface area (Å²) in [5.74, 6) is -1.09. The van der Waals surface area contributed by atoms with Crippen LogP contribution in [0.5, 0.6) is 0 Å². The number of anilines is 2. The number of rotatable bonds is 10. The summed E-state index contributed by atoms with van der Waals surface area (Å²) in [5, 5.41) is 22.6. The number of hydrogen-bond donors (Lipinski definition) is 0. The Morgan fingerprint density at radius 1 is 0.763 bits per heavy atom. The van der Waals surface area contributed by atoms with Gasteiger partial charge < -0.3 is 19.3 Å². The first-order chi connectivity index (χ1) is 18.2. The Balaban J connectivity index is 1.84. The summed E-state index contributed by atoms with van der Waals surface area (Å²) in [4.78, 5) is 49.3. The van der Waals surface area contributed by atoms with E-state index in [2.05, 4.69) is 0 Å². The first kappa shape index (κ1) is 27.8. The number of carbonyl (C=O) groups excluding carboxylic acids is 2. The topological polar surface area (TPSA) is 145 Å². The molecule has 0 N–H and O–H groups in total. The molecule has 1 fully saturated rings. The molecule has 0 unspecified atom stereocenters. The van der Waals surface area contributed by atoms with Gasteiger partial charge in [0, 0.05) is 85.1 Å². The minimum atomic E-state index is -0.545. The Morgan fingerprint density at radius 2 is 1.13 bits per heavy atom. The average molecular weight is 525 g/mol. The molecule has 0 aliphatic carbocycles. The van der Waals surface area contributed by atoms with Gasteiger partial charge in [0.2, 0.25) is 0 Å². The predicted octanol–water partition coefficient (Wildman–Crippen LogP) is 3.98. The Kier molecular flexibility index (Phi) is 9.52. The summed E-state index contributed by atoms with van der Waals surface area (Å²) in [6.07, 6.45) is 5.48. The number of nitro groups is 2. The van der Waals surface area contributed by atoms with E-state index < -0.39 is 21.8 Å². The highest BCUT2D eigenvalue weighted by Gasteiger charge is 2.23. The van der Waals surface area contributed by atoms with Crippen LogP contribution in [-0.2, 0) is 19.1 Å². The lowest BCUT2D eigenvalue weighted by atomic mass is 10.1. The van der Waals surface area contributed by atoms with Crippen molar-refractivity contribution in [2.45, 2.75) is 13.8 Å². The second-order valence-electron chi connectivity index (χ2n) is 8.15. The molecule has 12 heteroatoms. The van der Waals surface area contributed by atoms with E-state index >= 15 is 0 Å². The molecule has 0 spiro atoms. The molecule has 0 amide bonds. The third-order valence-corrected chi connectivity index (χ3v) is 5.78. The highest BCUT2D eigenvalue weighted by Crippen LogP contribution is 2.31. The normalized spacial score (nSPS) is 13.6. The standard InChI is InChI=1S/C26H28N4O8/c1-3-37-25(31)11-5-19-17-21(29(33)34)7-9-23(19)27-13-15-28(16-14-27)24-10-8-22(30(35)36)18-20(24)6-12-26(32)38-4-2/h5-12,17-18H,3-4,13-16H2,1-2H3/b11-5+,12-6+. The summed E-state index contributed by atoms with van der Waals surface area (Å²) in [5.41, 5.74) is 2.27. The van der Waals surface area contributed by atoms with Crippen molar-refractivity contribution >= 4 is 46.8 Å². The van der Waals surface area contributed by atoms with Gasteiger partial charge in [-0.15, -0.1) is 0 Å². The van der Waals surface area contributed by atoms with Crippen LogP contribution in [0.2, 0.25) is 0 Å². The number of non-ortho nitro benzene ring substituents is 2. The third kappa shape index (κ3) is 7.15. The summed E-state index contributed by atoms with van der Waals surface area (Å²) in [6, 6.07) is 8.95. The van der Waals surface area contributed by atoms with Crippen molar-refractivity contribution in [1.29, 1.82) is 0 Å². The minimum Gasteiger partial charge on any atom is -0.463 e. The van der Waals surface area contributed by atoms with Gasteiger partial charge in [-0.3, -0.25) is 20.2 Å². The van der Waals surface area contributed by atoms with Crippen molar-refractivity contribution in [3.05, 3.63) is 79.9 Å². The van der Waals surface area contributed by atoms with Crippen LogP contribution < -0.4 is 9.80 Å². The molecule has 3 rings (SSSR count). The van der Waals surface area contributed by atoms with Crippen LogP contribution in [0.15, 0.2) is 48.6 Å². The monoisotopic (exact) mass is 524 g/mol. The summed E-state index contributed by atoms with van der Waals surface area (Å²) >= 11 is 0. The fourth-order valence-electron chi connectivity index (χ4n) is 4.04. The van der Waals surface area contributed by atoms with E-state index in [1.54, 1.807) is 26.0 Å². The van der Waals surface area contributed by atoms with Gasteiger partial charge in [0.15, 0.2) is 0 Å². The summed E-state index contributed by atoms with van der Waals surface area (Å²) < 4.78 is 9.83. The maximum Gasteiger partial charge on any atom is 0.330 e. The molecule has 1 aliphatic heterocycles. The molecule has 38 heavy (non-hydrogen) atoms. The third-order valence-electron chi connectivity index (χ3n) is 5.78. The second kappa shape index (κ2) is 13.0. The van der Waals surface area contributed by atoms with Crippen LogP contribution in [0.4, 0.5) is 22.7 Å². The van der Waals surface area contributed by atoms with E-state index in [1.165, 1.54) is 48.6 Å². The van der Waals surface area contributed by atoms with Crippen molar-refractivity contribution < 1.29 is 28.9 Å². The van der Waals surface area contributed by atoms with Gasteiger partial charge in [0.25, 0.3) is 11.4 Å². The number of benzene rings is 2. The molecule has 12 nitrogen and oxygen atoms in total. The number of ether oxygens (including phenoxy) is 2. The molecule has 0 bridgehead atoms. The molecule has 0 aromatic heterocycles. The Bertz CT molecular complexity index is 1170. The van der Waals surface area contributed by atoms with Crippen molar-refractivity contribution in [2.75, 3.05) is 49.2 Å². The maximum absolute atomic E-state index is 11.8. The molecule has 2 aromatic carbocycles. The van der Waals surface area contributed by atoms with Crippen molar-refractivity contribution in [3.63, 3.8) is 0 Å². The summed E-state index contributed by atoms with van der Waals surface area (Å²) in [7, 11) is 0. The first-order valence-electron chi connectivity index (χ1n) is 12.0. The first-order valence-corrected chi connectivity index (χ1v) is 12.0. The Labute approximate surface area is 219 Å². The fraction of sp³-hybridized carbons (Fsp3) is 0.308. The van der Waals surface area contributed by atoms with Crippen molar-refractivity contribution in [2.24, 2.45) is 0 Å². The van der Waals surface area contributed by atoms with Gasteiger partial charge in [-0.2, -0.15) is 0 Å². The number of piperazine rings is 1. The zero-order valence-electron chi connectivity index (χ0n) is 21.1. The van der Waals surface area contributed by atoms with Gasteiger partial charge in [0.05, 0.1) is 23.1 Å². The van der Waals surface area contributed by atoms with Crippen molar-refractivity contribution in [1.82, 2.24) is 0 Å². The Morgan fingerprint density at radius 3 is 1.45 bits per heavy atom. The maximum atomic E-state index is 11.8. The highest BCUT2D eigenvalue weighted by atomic mass is 16.6. The average Bonchev–Trinajstić information content (AvgIpc) is 2.91. The molecule has 0 radical (unpaired) electrons. The quantitative estimate of drug-likeness (QED) is 0.194. The smallest absolute Gasteiger partial charge is 0.330 e. The molecule has 0 atom stereocenters. The lowest BCUT2D eigenvalue weighted by Crippen LogP contribution is -2.47. The highest BCUT2D eigenvalue weighted by molar-refractivity contribution is 5.89. The number of nitrogens with zero attached hydrogens (tertiary/aromatic N) is 4. The van der Waals surface area contributed by atoms with Gasteiger partial charge in [-0.25, -0.2) is 9.59 Å². The molecule has 2 aromatic rings. The minimum absolute atomic E-state index is 0.0974. The zero-order valence-corrected chi connectivity index (χ0v) is 21.1. The zero-order chi connectivity index (χ0) is 27.7. The second-order valence-corrected chi connectivity index (χ2v) is 8.15. The number of carbonyl (C=O) groups is 2. The van der Waals surface area contributed by atoms with Gasteiger partial charge in [0.1, 0.15) is 0 Å². The van der Waals surface area contributed by atoms with Crippen LogP contribution in [-0.4, -0.2) is 61.2 Å². The Hall–Kier alpha value is -4.74. The van der Waals surface area contributed by atoms with Crippen molar-refractivity contribution in [3.8, 4) is 0 Å². The van der Waals surface area contributed by atoms with Crippen LogP contribution in [0.25, 0.3) is 12.2 Å². The molecular weight excluding hydrogens is 496 g/mol. The fourth-order valence-corrected chi connectivity index (χ4v) is 4.04. The summed E-state index contributed by atoms with van der Waals surface area (Å²) in [6.45, 7) is 5.96. The molecule has 1 saturated heterocycles. The van der Waals surface area contributed by atoms with Crippen LogP contribution in [0, 0.1) is 20.2 Å². The van der Waals surface area contributed by atoms with E-state index in [4.69, 9.17) is 9.47 Å². The number of nitro benzene ring substituents is 2. The van der Waals surface area contributed by atoms with Crippen LogP contribution >= 0.6 is 0 Å². The van der Waals surface area contributed by atoms with E-state index in [1.807, 2.05) is 9.80 Å². The molecule has 1 aliphatic rings. The number of hydrogen-bond acceptors (Lipinski definition) is 10. The molecule has 200 valence electrons. The van der Waals surface area contributed by atoms with Gasteiger partial charge in [-0.1, -0.05) is 0 Å². The lowest BCUT2D eigenvalue weighted by Gasteiger charge is -2.38. The predicted molar refractivity (Wildman–Crippen MR) is 142 cm³/mol. The van der Waals surface area contributed by atoms with Gasteiger partial charge >= 0.3 is 11.9 Å². The lowest BCUT2D eigenvalue weighted by molar-refractivity contribution is -0.385. The number of esters is 2. The molecular formula is C26H28N4O8. The molecule has 1 heterocycles. The van der Waals surface area contributed by atoms with Crippen LogP contribution in [0.3, 0.4) is 0 Å². The van der Waals surface area contributed by atoms with E-state index in [9.17, 15) is 29.8 Å². The van der Waals surface area contributed by atoms with Crippen LogP contribution in [0.1, 0.15) is 25.0 Å².